The molecule has 2 aliphatic rings. The molecule has 0 bridgehead atoms. The molecule has 5 heteroatoms. The number of pyridine rings is 1. The van der Waals surface area contributed by atoms with Crippen molar-refractivity contribution in [3.8, 4) is 0 Å². The number of rotatable bonds is 3. The van der Waals surface area contributed by atoms with E-state index in [0.29, 0.717) is 26.2 Å². The van der Waals surface area contributed by atoms with Crippen LogP contribution in [0.5, 0.6) is 0 Å². The summed E-state index contributed by atoms with van der Waals surface area (Å²) in [5.74, 6) is 0.352. The van der Waals surface area contributed by atoms with Crippen LogP contribution in [-0.4, -0.2) is 52.8 Å². The highest BCUT2D eigenvalue weighted by Gasteiger charge is 2.47. The van der Waals surface area contributed by atoms with Crippen LogP contribution >= 0.6 is 0 Å². The summed E-state index contributed by atoms with van der Waals surface area (Å²) in [4.78, 5) is 19.0. The molecule has 1 unspecified atom stereocenters. The Morgan fingerprint density at radius 1 is 1.50 bits per heavy atom. The van der Waals surface area contributed by atoms with E-state index in [1.807, 2.05) is 24.0 Å². The molecule has 3 rings (SSSR count). The zero-order valence-corrected chi connectivity index (χ0v) is 13.1. The average Bonchev–Trinajstić information content (AvgIpc) is 2.86. The lowest BCUT2D eigenvalue weighted by Crippen LogP contribution is -2.51. The highest BCUT2D eigenvalue weighted by Crippen LogP contribution is 2.40. The molecule has 120 valence electrons. The van der Waals surface area contributed by atoms with E-state index in [1.165, 1.54) is 0 Å². The second kappa shape index (κ2) is 6.34. The van der Waals surface area contributed by atoms with Gasteiger partial charge in [-0.05, 0) is 43.9 Å². The average molecular weight is 304 g/mol. The van der Waals surface area contributed by atoms with Gasteiger partial charge in [0.05, 0.1) is 6.42 Å². The van der Waals surface area contributed by atoms with Crippen LogP contribution in [0.3, 0.4) is 0 Å². The van der Waals surface area contributed by atoms with Gasteiger partial charge in [0.2, 0.25) is 5.91 Å². The van der Waals surface area contributed by atoms with E-state index in [4.69, 9.17) is 4.74 Å². The molecule has 5 nitrogen and oxygen atoms in total. The largest absolute Gasteiger partial charge is 0.396 e. The molecule has 1 aromatic heterocycles. The summed E-state index contributed by atoms with van der Waals surface area (Å²) in [5, 5.41) is 9.53. The van der Waals surface area contributed by atoms with E-state index in [0.717, 1.165) is 30.5 Å². The van der Waals surface area contributed by atoms with E-state index in [2.05, 4.69) is 4.98 Å². The number of hydrogen-bond acceptors (Lipinski definition) is 4. The molecule has 0 radical (unpaired) electrons. The summed E-state index contributed by atoms with van der Waals surface area (Å²) in [6.45, 7) is 4.17. The minimum atomic E-state index is -0.106. The van der Waals surface area contributed by atoms with Gasteiger partial charge in [0.25, 0.3) is 0 Å². The predicted molar refractivity (Wildman–Crippen MR) is 82.4 cm³/mol. The first-order chi connectivity index (χ1) is 10.6. The normalized spacial score (nSPS) is 23.9. The number of carbonyl (C=O) groups is 1. The fraction of sp³-hybridized carbons (Fsp3) is 0.647. The quantitative estimate of drug-likeness (QED) is 0.915. The van der Waals surface area contributed by atoms with E-state index in [1.54, 1.807) is 6.20 Å². The molecular formula is C17H24N2O3. The molecule has 3 heterocycles. The summed E-state index contributed by atoms with van der Waals surface area (Å²) in [7, 11) is 0. The SMILES string of the molecule is Cc1cc(CC(=O)N2CC(CO)CC23CCOCC3)ccn1. The Hall–Kier alpha value is -1.46. The van der Waals surface area contributed by atoms with Gasteiger partial charge in [-0.25, -0.2) is 0 Å². The molecule has 22 heavy (non-hydrogen) atoms. The van der Waals surface area contributed by atoms with Gasteiger partial charge in [-0.2, -0.15) is 0 Å². The minimum absolute atomic E-state index is 0.106. The number of aliphatic hydroxyl groups excluding tert-OH is 1. The van der Waals surface area contributed by atoms with Crippen LogP contribution in [-0.2, 0) is 16.0 Å². The molecule has 0 saturated carbocycles. The number of aliphatic hydroxyl groups is 1. The van der Waals surface area contributed by atoms with Crippen molar-refractivity contribution in [1.82, 2.24) is 9.88 Å². The maximum Gasteiger partial charge on any atom is 0.227 e. The third kappa shape index (κ3) is 3.01. The number of ether oxygens (including phenoxy) is 1. The molecule has 0 aromatic carbocycles. The smallest absolute Gasteiger partial charge is 0.227 e. The molecule has 1 spiro atoms. The first-order valence-corrected chi connectivity index (χ1v) is 8.03. The van der Waals surface area contributed by atoms with Gasteiger partial charge in [-0.3, -0.25) is 9.78 Å². The van der Waals surface area contributed by atoms with Crippen molar-refractivity contribution in [1.29, 1.82) is 0 Å². The number of aryl methyl sites for hydroxylation is 1. The van der Waals surface area contributed by atoms with Crippen molar-refractivity contribution in [2.75, 3.05) is 26.4 Å². The van der Waals surface area contributed by atoms with E-state index in [-0.39, 0.29) is 24.0 Å². The van der Waals surface area contributed by atoms with Crippen LogP contribution in [0.4, 0.5) is 0 Å². The lowest BCUT2D eigenvalue weighted by atomic mass is 9.85. The number of nitrogens with zero attached hydrogens (tertiary/aromatic N) is 2. The van der Waals surface area contributed by atoms with Crippen LogP contribution in [0.25, 0.3) is 0 Å². The van der Waals surface area contributed by atoms with Gasteiger partial charge in [-0.15, -0.1) is 0 Å². The number of likely N-dealkylation sites (tertiary alicyclic amines) is 1. The Morgan fingerprint density at radius 3 is 2.95 bits per heavy atom. The van der Waals surface area contributed by atoms with Crippen LogP contribution in [0.15, 0.2) is 18.3 Å². The second-order valence-electron chi connectivity index (χ2n) is 6.58. The molecular weight excluding hydrogens is 280 g/mol. The number of hydrogen-bond donors (Lipinski definition) is 1. The van der Waals surface area contributed by atoms with Gasteiger partial charge >= 0.3 is 0 Å². The minimum Gasteiger partial charge on any atom is -0.396 e. The first-order valence-electron chi connectivity index (χ1n) is 8.03. The Morgan fingerprint density at radius 2 is 2.27 bits per heavy atom. The standard InChI is InChI=1S/C17H24N2O3/c1-13-8-14(2-5-18-13)9-16(21)19-11-15(12-20)10-17(19)3-6-22-7-4-17/h2,5,8,15,20H,3-4,6-7,9-12H2,1H3. The van der Waals surface area contributed by atoms with Crippen molar-refractivity contribution in [2.45, 2.75) is 38.1 Å². The molecule has 0 aliphatic carbocycles. The Kier molecular flexibility index (Phi) is 4.45. The third-order valence-corrected chi connectivity index (χ3v) is 4.98. The van der Waals surface area contributed by atoms with Gasteiger partial charge in [-0.1, -0.05) is 0 Å². The third-order valence-electron chi connectivity index (χ3n) is 4.98. The monoisotopic (exact) mass is 304 g/mol. The zero-order valence-electron chi connectivity index (χ0n) is 13.1. The lowest BCUT2D eigenvalue weighted by Gasteiger charge is -2.41. The van der Waals surface area contributed by atoms with Crippen molar-refractivity contribution in [2.24, 2.45) is 5.92 Å². The van der Waals surface area contributed by atoms with Gasteiger partial charge < -0.3 is 14.7 Å². The summed E-state index contributed by atoms with van der Waals surface area (Å²) in [6, 6.07) is 3.87. The van der Waals surface area contributed by atoms with E-state index >= 15 is 0 Å². The summed E-state index contributed by atoms with van der Waals surface area (Å²) < 4.78 is 5.48. The van der Waals surface area contributed by atoms with Crippen LogP contribution in [0.1, 0.15) is 30.5 Å². The van der Waals surface area contributed by atoms with E-state index < -0.39 is 0 Å². The van der Waals surface area contributed by atoms with Crippen molar-refractivity contribution in [3.63, 3.8) is 0 Å². The van der Waals surface area contributed by atoms with Crippen LogP contribution in [0, 0.1) is 12.8 Å². The van der Waals surface area contributed by atoms with Crippen molar-refractivity contribution in [3.05, 3.63) is 29.6 Å². The highest BCUT2D eigenvalue weighted by molar-refractivity contribution is 5.80. The lowest BCUT2D eigenvalue weighted by molar-refractivity contribution is -0.137. The molecule has 2 fully saturated rings. The number of carbonyl (C=O) groups excluding carboxylic acids is 1. The number of amides is 1. The van der Waals surface area contributed by atoms with Crippen molar-refractivity contribution < 1.29 is 14.6 Å². The number of aromatic nitrogens is 1. The van der Waals surface area contributed by atoms with E-state index in [9.17, 15) is 9.90 Å². The zero-order chi connectivity index (χ0) is 15.6. The Balaban J connectivity index is 1.77. The fourth-order valence-corrected chi connectivity index (χ4v) is 3.86. The molecule has 1 aromatic rings. The fourth-order valence-electron chi connectivity index (χ4n) is 3.86. The molecule has 1 amide bonds. The molecule has 2 aliphatic heterocycles. The van der Waals surface area contributed by atoms with Crippen molar-refractivity contribution >= 4 is 5.91 Å². The first kappa shape index (κ1) is 15.4. The summed E-state index contributed by atoms with van der Waals surface area (Å²) >= 11 is 0. The predicted octanol–water partition coefficient (Wildman–Crippen LogP) is 1.32. The summed E-state index contributed by atoms with van der Waals surface area (Å²) in [6.07, 6.45) is 4.82. The summed E-state index contributed by atoms with van der Waals surface area (Å²) in [5.41, 5.74) is 1.83. The molecule has 1 atom stereocenters. The van der Waals surface area contributed by atoms with Gasteiger partial charge in [0.15, 0.2) is 0 Å². The Labute approximate surface area is 131 Å². The van der Waals surface area contributed by atoms with Crippen LogP contribution < -0.4 is 0 Å². The topological polar surface area (TPSA) is 62.7 Å². The van der Waals surface area contributed by atoms with Gasteiger partial charge in [0, 0.05) is 49.7 Å². The second-order valence-corrected chi connectivity index (χ2v) is 6.58. The van der Waals surface area contributed by atoms with Gasteiger partial charge in [0.1, 0.15) is 0 Å². The van der Waals surface area contributed by atoms with Crippen LogP contribution in [0.2, 0.25) is 0 Å². The maximum absolute atomic E-state index is 12.8. The highest BCUT2D eigenvalue weighted by atomic mass is 16.5. The molecule has 2 saturated heterocycles. The maximum atomic E-state index is 12.8. The molecule has 1 N–H and O–H groups in total. The Bertz CT molecular complexity index is 540.